The largest absolute Gasteiger partial charge is 0.295 e. The summed E-state index contributed by atoms with van der Waals surface area (Å²) in [4.78, 5) is 41.3. The van der Waals surface area contributed by atoms with Crippen LogP contribution in [-0.2, 0) is 15.0 Å². The Morgan fingerprint density at radius 2 is 2.00 bits per heavy atom. The molecule has 0 spiro atoms. The zero-order valence-corrected chi connectivity index (χ0v) is 13.0. The molecule has 3 rings (SSSR count). The number of aromatic nitrogens is 2. The number of imide groups is 1. The van der Waals surface area contributed by atoms with Gasteiger partial charge in [-0.1, -0.05) is 11.6 Å². The number of carbonyl (C=O) groups excluding carboxylic acids is 2. The highest BCUT2D eigenvalue weighted by Gasteiger charge is 2.39. The van der Waals surface area contributed by atoms with E-state index in [4.69, 9.17) is 7.85 Å². The normalized spacial score (nSPS) is 22.0. The molecule has 0 aliphatic carbocycles. The number of fused-ring (bicyclic) bond motifs is 1. The maximum Gasteiger partial charge on any atom is 0.261 e. The van der Waals surface area contributed by atoms with Crippen LogP contribution in [0.2, 0.25) is 0 Å². The van der Waals surface area contributed by atoms with E-state index in [1.54, 1.807) is 19.1 Å². The average molecular weight is 309 g/mol. The molecule has 1 N–H and O–H groups in total. The fourth-order valence-electron chi connectivity index (χ4n) is 3.02. The Morgan fingerprint density at radius 3 is 2.74 bits per heavy atom. The summed E-state index contributed by atoms with van der Waals surface area (Å²) >= 11 is 0. The Hall–Kier alpha value is -2.44. The molecule has 2 radical (unpaired) electrons. The number of rotatable bonds is 1. The topological polar surface area (TPSA) is 81.1 Å². The average Bonchev–Trinajstić information content (AvgIpc) is 2.59. The smallest absolute Gasteiger partial charge is 0.261 e. The highest BCUT2D eigenvalue weighted by molar-refractivity contribution is 6.28. The monoisotopic (exact) mass is 309 g/mol. The lowest BCUT2D eigenvalue weighted by Gasteiger charge is -2.30. The van der Waals surface area contributed by atoms with Gasteiger partial charge in [0, 0.05) is 6.42 Å². The standard InChI is InChI=1S/C16H16BN3O3/c1-9-5-6-12-11(8-9)14(22)20(10(2)18-12)16(17)7-3-4-13(21)19-15(16)23/h5-6,8H,3-4,7H2,1-2H3,(H,19,21,23)/t16-/m0/s1. The van der Waals surface area contributed by atoms with Gasteiger partial charge in [-0.2, -0.15) is 0 Å². The first kappa shape index (κ1) is 15.5. The summed E-state index contributed by atoms with van der Waals surface area (Å²) in [6.07, 6.45) is 0.828. The molecule has 116 valence electrons. The van der Waals surface area contributed by atoms with Gasteiger partial charge in [0.15, 0.2) is 0 Å². The van der Waals surface area contributed by atoms with Gasteiger partial charge in [0.1, 0.15) is 13.7 Å². The Balaban J connectivity index is 2.28. The number of carbonyl (C=O) groups is 2. The summed E-state index contributed by atoms with van der Waals surface area (Å²) < 4.78 is 1.21. The molecular formula is C16H16BN3O3. The van der Waals surface area contributed by atoms with Crippen molar-refractivity contribution in [2.45, 2.75) is 38.5 Å². The van der Waals surface area contributed by atoms with E-state index < -0.39 is 11.3 Å². The first-order valence-corrected chi connectivity index (χ1v) is 7.46. The van der Waals surface area contributed by atoms with Crippen molar-refractivity contribution in [2.24, 2.45) is 0 Å². The van der Waals surface area contributed by atoms with Crippen LogP contribution in [0.5, 0.6) is 0 Å². The highest BCUT2D eigenvalue weighted by atomic mass is 16.2. The molecule has 2 amide bonds. The molecule has 1 aliphatic heterocycles. The Morgan fingerprint density at radius 1 is 1.26 bits per heavy atom. The maximum absolute atomic E-state index is 12.9. The van der Waals surface area contributed by atoms with Gasteiger partial charge >= 0.3 is 0 Å². The molecule has 6 nitrogen and oxygen atoms in total. The number of nitrogens with one attached hydrogen (secondary N) is 1. The van der Waals surface area contributed by atoms with E-state index in [1.807, 2.05) is 13.0 Å². The van der Waals surface area contributed by atoms with E-state index in [-0.39, 0.29) is 24.3 Å². The molecular weight excluding hydrogens is 293 g/mol. The summed E-state index contributed by atoms with van der Waals surface area (Å²) in [5, 5.41) is 2.66. The van der Waals surface area contributed by atoms with Crippen LogP contribution in [0.15, 0.2) is 23.0 Å². The Bertz CT molecular complexity index is 890. The Labute approximate surface area is 134 Å². The predicted molar refractivity (Wildman–Crippen MR) is 86.2 cm³/mol. The van der Waals surface area contributed by atoms with Crippen LogP contribution in [0.3, 0.4) is 0 Å². The van der Waals surface area contributed by atoms with E-state index in [9.17, 15) is 14.4 Å². The van der Waals surface area contributed by atoms with Gasteiger partial charge in [0.2, 0.25) is 11.8 Å². The first-order valence-electron chi connectivity index (χ1n) is 7.46. The van der Waals surface area contributed by atoms with E-state index in [2.05, 4.69) is 10.3 Å². The summed E-state index contributed by atoms with van der Waals surface area (Å²) in [5.41, 5.74) is -0.511. The fraction of sp³-hybridized carbons (Fsp3) is 0.375. The van der Waals surface area contributed by atoms with Gasteiger partial charge in [-0.15, -0.1) is 0 Å². The molecule has 1 aliphatic rings. The minimum Gasteiger partial charge on any atom is -0.295 e. The maximum atomic E-state index is 12.9. The van der Waals surface area contributed by atoms with Gasteiger partial charge in [0.05, 0.1) is 16.3 Å². The minimum absolute atomic E-state index is 0.199. The third-order valence-corrected chi connectivity index (χ3v) is 4.20. The van der Waals surface area contributed by atoms with Gasteiger partial charge in [-0.05, 0) is 38.8 Å². The van der Waals surface area contributed by atoms with Crippen molar-refractivity contribution < 1.29 is 9.59 Å². The molecule has 1 saturated heterocycles. The van der Waals surface area contributed by atoms with E-state index in [1.165, 1.54) is 4.57 Å². The number of amides is 2. The van der Waals surface area contributed by atoms with Crippen LogP contribution in [0, 0.1) is 13.8 Å². The number of hydrogen-bond acceptors (Lipinski definition) is 4. The molecule has 23 heavy (non-hydrogen) atoms. The predicted octanol–water partition coefficient (Wildman–Crippen LogP) is 0.661. The lowest BCUT2D eigenvalue weighted by molar-refractivity contribution is -0.132. The molecule has 0 bridgehead atoms. The van der Waals surface area contributed by atoms with Crippen LogP contribution >= 0.6 is 0 Å². The van der Waals surface area contributed by atoms with Crippen LogP contribution in [0.4, 0.5) is 0 Å². The molecule has 2 aromatic rings. The molecule has 1 aromatic heterocycles. The molecule has 0 saturated carbocycles. The third kappa shape index (κ3) is 2.46. The summed E-state index contributed by atoms with van der Waals surface area (Å²) in [6.45, 7) is 3.51. The number of hydrogen-bond donors (Lipinski definition) is 1. The number of aryl methyl sites for hydroxylation is 2. The van der Waals surface area contributed by atoms with Crippen molar-refractivity contribution in [2.75, 3.05) is 0 Å². The van der Waals surface area contributed by atoms with E-state index >= 15 is 0 Å². The molecule has 1 aromatic carbocycles. The van der Waals surface area contributed by atoms with Crippen molar-refractivity contribution in [1.29, 1.82) is 0 Å². The quantitative estimate of drug-likeness (QED) is 0.620. The lowest BCUT2D eigenvalue weighted by atomic mass is 9.73. The molecule has 1 atom stereocenters. The summed E-state index contributed by atoms with van der Waals surface area (Å²) in [7, 11) is 6.28. The second kappa shape index (κ2) is 5.33. The van der Waals surface area contributed by atoms with Gasteiger partial charge < -0.3 is 0 Å². The third-order valence-electron chi connectivity index (χ3n) is 4.20. The fourth-order valence-corrected chi connectivity index (χ4v) is 3.02. The first-order chi connectivity index (χ1) is 10.8. The van der Waals surface area contributed by atoms with Crippen LogP contribution in [0.1, 0.15) is 30.7 Å². The number of nitrogens with zero attached hydrogens (tertiary/aromatic N) is 2. The van der Waals surface area contributed by atoms with Crippen LogP contribution in [0.25, 0.3) is 10.9 Å². The Kier molecular flexibility index (Phi) is 3.58. The molecule has 0 unspecified atom stereocenters. The second-order valence-electron chi connectivity index (χ2n) is 5.98. The van der Waals surface area contributed by atoms with E-state index in [0.717, 1.165) is 5.56 Å². The van der Waals surface area contributed by atoms with Crippen molar-refractivity contribution in [1.82, 2.24) is 14.9 Å². The number of benzene rings is 1. The van der Waals surface area contributed by atoms with Crippen molar-refractivity contribution >= 4 is 30.6 Å². The lowest BCUT2D eigenvalue weighted by Crippen LogP contribution is -2.54. The van der Waals surface area contributed by atoms with E-state index in [0.29, 0.717) is 23.1 Å². The van der Waals surface area contributed by atoms with Crippen LogP contribution < -0.4 is 10.9 Å². The SMILES string of the molecule is [B][C@]1(n2c(C)nc3ccc(C)cc3c2=O)CCCC(=O)NC1=O. The second-order valence-corrected chi connectivity index (χ2v) is 5.98. The summed E-state index contributed by atoms with van der Waals surface area (Å²) in [6, 6.07) is 5.36. The van der Waals surface area contributed by atoms with Crippen molar-refractivity contribution in [3.8, 4) is 0 Å². The van der Waals surface area contributed by atoms with Gasteiger partial charge in [-0.25, -0.2) is 4.98 Å². The molecule has 1 fully saturated rings. The molecule has 2 heterocycles. The zero-order valence-electron chi connectivity index (χ0n) is 13.0. The minimum atomic E-state index is -1.61. The van der Waals surface area contributed by atoms with Gasteiger partial charge in [-0.3, -0.25) is 24.3 Å². The highest BCUT2D eigenvalue weighted by Crippen LogP contribution is 2.24. The van der Waals surface area contributed by atoms with Crippen LogP contribution in [-0.4, -0.2) is 29.2 Å². The zero-order chi connectivity index (χ0) is 16.8. The van der Waals surface area contributed by atoms with Crippen molar-refractivity contribution in [3.63, 3.8) is 0 Å². The molecule has 7 heteroatoms. The summed E-state index contributed by atoms with van der Waals surface area (Å²) in [5.74, 6) is -0.699. The van der Waals surface area contributed by atoms with Crippen molar-refractivity contribution in [3.05, 3.63) is 39.9 Å². The van der Waals surface area contributed by atoms with Gasteiger partial charge in [0.25, 0.3) is 5.56 Å².